The van der Waals surface area contributed by atoms with E-state index < -0.39 is 12.0 Å². The van der Waals surface area contributed by atoms with Gasteiger partial charge in [-0.1, -0.05) is 0 Å². The molecule has 1 fully saturated rings. The second-order valence-electron chi connectivity index (χ2n) is 3.53. The Labute approximate surface area is 93.9 Å². The van der Waals surface area contributed by atoms with Crippen molar-refractivity contribution in [3.05, 3.63) is 0 Å². The number of ether oxygens (including phenoxy) is 1. The molecule has 1 rings (SSSR count). The summed E-state index contributed by atoms with van der Waals surface area (Å²) in [5, 5.41) is 2.62. The first kappa shape index (κ1) is 12.5. The van der Waals surface area contributed by atoms with Gasteiger partial charge in [0.1, 0.15) is 6.04 Å². The van der Waals surface area contributed by atoms with Crippen LogP contribution in [0.25, 0.3) is 0 Å². The third kappa shape index (κ3) is 2.95. The molecule has 6 nitrogen and oxygen atoms in total. The van der Waals surface area contributed by atoms with Gasteiger partial charge in [0.15, 0.2) is 0 Å². The number of carbonyl (C=O) groups is 3. The Morgan fingerprint density at radius 2 is 2.25 bits per heavy atom. The minimum atomic E-state index is -0.731. The van der Waals surface area contributed by atoms with E-state index in [1.54, 1.807) is 6.92 Å². The van der Waals surface area contributed by atoms with Crippen molar-refractivity contribution in [3.63, 3.8) is 0 Å². The van der Waals surface area contributed by atoms with Crippen LogP contribution in [-0.2, 0) is 19.1 Å². The van der Waals surface area contributed by atoms with Gasteiger partial charge in [0.05, 0.1) is 13.0 Å². The molecule has 0 aromatic carbocycles. The summed E-state index contributed by atoms with van der Waals surface area (Å²) in [7, 11) is 0. The maximum Gasteiger partial charge on any atom is 0.308 e. The van der Waals surface area contributed by atoms with E-state index in [4.69, 9.17) is 4.74 Å². The number of nitrogens with one attached hydrogen (secondary N) is 1. The predicted octanol–water partition coefficient (Wildman–Crippen LogP) is -0.713. The average molecular weight is 228 g/mol. The van der Waals surface area contributed by atoms with E-state index in [0.717, 1.165) is 0 Å². The molecule has 16 heavy (non-hydrogen) atoms. The van der Waals surface area contributed by atoms with E-state index in [2.05, 4.69) is 5.32 Å². The predicted molar refractivity (Wildman–Crippen MR) is 55.4 cm³/mol. The Balaban J connectivity index is 2.67. The number of esters is 1. The Bertz CT molecular complexity index is 303. The van der Waals surface area contributed by atoms with E-state index in [0.29, 0.717) is 13.1 Å². The van der Waals surface area contributed by atoms with Crippen LogP contribution in [0.3, 0.4) is 0 Å². The summed E-state index contributed by atoms with van der Waals surface area (Å²) in [6.45, 7) is 4.22. The van der Waals surface area contributed by atoms with Crippen molar-refractivity contribution in [2.24, 2.45) is 0 Å². The van der Waals surface area contributed by atoms with Crippen LogP contribution < -0.4 is 5.32 Å². The zero-order chi connectivity index (χ0) is 12.1. The van der Waals surface area contributed by atoms with Gasteiger partial charge < -0.3 is 15.0 Å². The van der Waals surface area contributed by atoms with Gasteiger partial charge in [-0.15, -0.1) is 0 Å². The highest BCUT2D eigenvalue weighted by molar-refractivity contribution is 5.91. The smallest absolute Gasteiger partial charge is 0.308 e. The highest BCUT2D eigenvalue weighted by Gasteiger charge is 2.33. The molecule has 0 bridgehead atoms. The van der Waals surface area contributed by atoms with Crippen molar-refractivity contribution in [1.29, 1.82) is 0 Å². The first-order valence-electron chi connectivity index (χ1n) is 5.26. The average Bonchev–Trinajstić information content (AvgIpc) is 2.21. The standard InChI is InChI=1S/C10H16N2O4/c1-3-16-9(14)6-8-10(15)11-4-5-12(8)7(2)13/h8H,3-6H2,1-2H3,(H,11,15). The summed E-state index contributed by atoms with van der Waals surface area (Å²) in [6, 6.07) is -0.731. The lowest BCUT2D eigenvalue weighted by Gasteiger charge is -2.33. The number of nitrogens with zero attached hydrogens (tertiary/aromatic N) is 1. The van der Waals surface area contributed by atoms with E-state index in [1.165, 1.54) is 11.8 Å². The first-order valence-corrected chi connectivity index (χ1v) is 5.26. The minimum absolute atomic E-state index is 0.0841. The molecule has 1 aliphatic rings. The second-order valence-corrected chi connectivity index (χ2v) is 3.53. The van der Waals surface area contributed by atoms with Gasteiger partial charge in [-0.2, -0.15) is 0 Å². The Hall–Kier alpha value is -1.59. The van der Waals surface area contributed by atoms with Crippen LogP contribution in [-0.4, -0.2) is 48.4 Å². The molecule has 6 heteroatoms. The van der Waals surface area contributed by atoms with Gasteiger partial charge >= 0.3 is 5.97 Å². The Morgan fingerprint density at radius 3 is 2.81 bits per heavy atom. The van der Waals surface area contributed by atoms with Gasteiger partial charge in [-0.3, -0.25) is 14.4 Å². The van der Waals surface area contributed by atoms with E-state index >= 15 is 0 Å². The van der Waals surface area contributed by atoms with Crippen LogP contribution in [0, 0.1) is 0 Å². The molecule has 1 unspecified atom stereocenters. The van der Waals surface area contributed by atoms with Crippen LogP contribution in [0.5, 0.6) is 0 Å². The number of amides is 2. The fourth-order valence-corrected chi connectivity index (χ4v) is 1.67. The van der Waals surface area contributed by atoms with Crippen LogP contribution in [0.1, 0.15) is 20.3 Å². The maximum absolute atomic E-state index is 11.5. The van der Waals surface area contributed by atoms with E-state index in [9.17, 15) is 14.4 Å². The first-order chi connectivity index (χ1) is 7.56. The summed E-state index contributed by atoms with van der Waals surface area (Å²) in [6.07, 6.45) is -0.0841. The molecular weight excluding hydrogens is 212 g/mol. The molecular formula is C10H16N2O4. The normalized spacial score (nSPS) is 20.2. The van der Waals surface area contributed by atoms with Crippen molar-refractivity contribution >= 4 is 17.8 Å². The van der Waals surface area contributed by atoms with Crippen LogP contribution in [0.4, 0.5) is 0 Å². The Kier molecular flexibility index (Phi) is 4.28. The number of hydrogen-bond donors (Lipinski definition) is 1. The summed E-state index contributed by atoms with van der Waals surface area (Å²) in [5.74, 6) is -0.963. The topological polar surface area (TPSA) is 75.7 Å². The quantitative estimate of drug-likeness (QED) is 0.647. The zero-order valence-electron chi connectivity index (χ0n) is 9.49. The molecule has 1 aliphatic heterocycles. The lowest BCUT2D eigenvalue weighted by atomic mass is 10.1. The molecule has 2 amide bonds. The van der Waals surface area contributed by atoms with Crippen LogP contribution in [0.15, 0.2) is 0 Å². The molecule has 1 atom stereocenters. The third-order valence-corrected chi connectivity index (χ3v) is 2.40. The second kappa shape index (κ2) is 5.48. The SMILES string of the molecule is CCOC(=O)CC1C(=O)NCCN1C(C)=O. The molecule has 0 aliphatic carbocycles. The van der Waals surface area contributed by atoms with E-state index in [1.807, 2.05) is 0 Å². The number of carbonyl (C=O) groups excluding carboxylic acids is 3. The largest absolute Gasteiger partial charge is 0.466 e. The fraction of sp³-hybridized carbons (Fsp3) is 0.700. The summed E-state index contributed by atoms with van der Waals surface area (Å²) in [4.78, 5) is 35.5. The molecule has 0 spiro atoms. The van der Waals surface area contributed by atoms with Gasteiger partial charge in [-0.05, 0) is 6.92 Å². The molecule has 90 valence electrons. The lowest BCUT2D eigenvalue weighted by molar-refractivity contribution is -0.151. The van der Waals surface area contributed by atoms with Gasteiger partial charge in [0.25, 0.3) is 0 Å². The lowest BCUT2D eigenvalue weighted by Crippen LogP contribution is -2.57. The van der Waals surface area contributed by atoms with Crippen LogP contribution in [0.2, 0.25) is 0 Å². The molecule has 0 radical (unpaired) electrons. The molecule has 1 heterocycles. The van der Waals surface area contributed by atoms with Crippen molar-refractivity contribution in [1.82, 2.24) is 10.2 Å². The van der Waals surface area contributed by atoms with Crippen molar-refractivity contribution in [2.45, 2.75) is 26.3 Å². The number of rotatable bonds is 3. The van der Waals surface area contributed by atoms with Crippen molar-refractivity contribution < 1.29 is 19.1 Å². The summed E-state index contributed by atoms with van der Waals surface area (Å²) in [5.41, 5.74) is 0. The highest BCUT2D eigenvalue weighted by Crippen LogP contribution is 2.10. The third-order valence-electron chi connectivity index (χ3n) is 2.40. The summed E-state index contributed by atoms with van der Waals surface area (Å²) < 4.78 is 4.76. The number of hydrogen-bond acceptors (Lipinski definition) is 4. The maximum atomic E-state index is 11.5. The van der Waals surface area contributed by atoms with Crippen LogP contribution >= 0.6 is 0 Å². The molecule has 0 aromatic heterocycles. The van der Waals surface area contributed by atoms with Crippen molar-refractivity contribution in [2.75, 3.05) is 19.7 Å². The minimum Gasteiger partial charge on any atom is -0.466 e. The zero-order valence-corrected chi connectivity index (χ0v) is 9.49. The van der Waals surface area contributed by atoms with Gasteiger partial charge in [0.2, 0.25) is 11.8 Å². The highest BCUT2D eigenvalue weighted by atomic mass is 16.5. The molecule has 1 N–H and O–H groups in total. The van der Waals surface area contributed by atoms with Gasteiger partial charge in [0, 0.05) is 20.0 Å². The summed E-state index contributed by atoms with van der Waals surface area (Å²) >= 11 is 0. The molecule has 1 saturated heterocycles. The monoisotopic (exact) mass is 228 g/mol. The van der Waals surface area contributed by atoms with Crippen molar-refractivity contribution in [3.8, 4) is 0 Å². The number of piperazine rings is 1. The molecule has 0 saturated carbocycles. The van der Waals surface area contributed by atoms with E-state index in [-0.39, 0.29) is 24.8 Å². The molecule has 0 aromatic rings. The van der Waals surface area contributed by atoms with Gasteiger partial charge in [-0.25, -0.2) is 0 Å². The fourth-order valence-electron chi connectivity index (χ4n) is 1.67. The Morgan fingerprint density at radius 1 is 1.56 bits per heavy atom.